The topological polar surface area (TPSA) is 73.1 Å². The zero-order valence-corrected chi connectivity index (χ0v) is 14.0. The van der Waals surface area contributed by atoms with Gasteiger partial charge in [0.05, 0.1) is 15.1 Å². The van der Waals surface area contributed by atoms with Gasteiger partial charge in [-0.25, -0.2) is 13.4 Å². The molecule has 2 N–H and O–H groups in total. The van der Waals surface area contributed by atoms with Crippen molar-refractivity contribution in [2.75, 3.05) is 5.73 Å². The summed E-state index contributed by atoms with van der Waals surface area (Å²) in [5.41, 5.74) is 6.98. The number of anilines is 1. The molecule has 0 aliphatic carbocycles. The lowest BCUT2D eigenvalue weighted by atomic mass is 10.3. The highest BCUT2D eigenvalue weighted by molar-refractivity contribution is 9.10. The van der Waals surface area contributed by atoms with Gasteiger partial charge in [0.25, 0.3) is 0 Å². The molecule has 7 heteroatoms. The monoisotopic (exact) mass is 382 g/mol. The minimum atomic E-state index is -3.46. The number of halogens is 1. The van der Waals surface area contributed by atoms with Crippen molar-refractivity contribution in [2.45, 2.75) is 10.6 Å². The van der Waals surface area contributed by atoms with Crippen molar-refractivity contribution < 1.29 is 8.42 Å². The Kier molecular flexibility index (Phi) is 3.73. The van der Waals surface area contributed by atoms with Crippen LogP contribution < -0.4 is 5.73 Å². The molecule has 21 heavy (non-hydrogen) atoms. The van der Waals surface area contributed by atoms with Crippen molar-refractivity contribution in [3.63, 3.8) is 0 Å². The summed E-state index contributed by atoms with van der Waals surface area (Å²) in [6, 6.07) is 12.3. The summed E-state index contributed by atoms with van der Waals surface area (Å²) in [6.45, 7) is 0. The lowest BCUT2D eigenvalue weighted by Crippen LogP contribution is -2.06. The van der Waals surface area contributed by atoms with Crippen LogP contribution in [0.5, 0.6) is 0 Å². The maximum atomic E-state index is 12.5. The van der Waals surface area contributed by atoms with Crippen molar-refractivity contribution >= 4 is 53.0 Å². The molecule has 1 heterocycles. The van der Waals surface area contributed by atoms with E-state index in [1.807, 2.05) is 24.3 Å². The molecule has 0 fully saturated rings. The quantitative estimate of drug-likeness (QED) is 0.702. The van der Waals surface area contributed by atoms with E-state index in [2.05, 4.69) is 20.9 Å². The first-order chi connectivity index (χ1) is 9.95. The second-order valence-corrected chi connectivity index (χ2v) is 8.45. The number of thiazole rings is 1. The Morgan fingerprint density at radius 1 is 1.19 bits per heavy atom. The van der Waals surface area contributed by atoms with Gasteiger partial charge in [0.2, 0.25) is 0 Å². The van der Waals surface area contributed by atoms with Crippen molar-refractivity contribution in [1.82, 2.24) is 4.98 Å². The summed E-state index contributed by atoms with van der Waals surface area (Å²) < 4.78 is 26.5. The van der Waals surface area contributed by atoms with Crippen LogP contribution in [-0.4, -0.2) is 13.4 Å². The molecule has 4 nitrogen and oxygen atoms in total. The zero-order chi connectivity index (χ0) is 15.0. The summed E-state index contributed by atoms with van der Waals surface area (Å²) in [5.74, 6) is -0.116. The van der Waals surface area contributed by atoms with E-state index in [-0.39, 0.29) is 10.6 Å². The average molecular weight is 383 g/mol. The first-order valence-electron chi connectivity index (χ1n) is 6.08. The zero-order valence-electron chi connectivity index (χ0n) is 10.8. The van der Waals surface area contributed by atoms with E-state index in [1.165, 1.54) is 17.4 Å². The predicted molar refractivity (Wildman–Crippen MR) is 89.1 cm³/mol. The van der Waals surface area contributed by atoms with Crippen molar-refractivity contribution in [3.05, 3.63) is 51.9 Å². The fourth-order valence-electron chi connectivity index (χ4n) is 1.99. The summed E-state index contributed by atoms with van der Waals surface area (Å²) >= 11 is 4.65. The van der Waals surface area contributed by atoms with Crippen LogP contribution >= 0.6 is 27.3 Å². The maximum Gasteiger partial charge on any atom is 0.186 e. The second kappa shape index (κ2) is 5.40. The van der Waals surface area contributed by atoms with Crippen LogP contribution in [0.1, 0.15) is 5.01 Å². The highest BCUT2D eigenvalue weighted by Crippen LogP contribution is 2.29. The summed E-state index contributed by atoms with van der Waals surface area (Å²) in [5, 5.41) is 0.583. The molecule has 0 amide bonds. The van der Waals surface area contributed by atoms with Gasteiger partial charge >= 0.3 is 0 Å². The number of nitrogen functional groups attached to an aromatic ring is 1. The number of nitrogens with two attached hydrogens (primary N) is 1. The number of benzene rings is 2. The molecule has 108 valence electrons. The number of para-hydroxylation sites is 1. The van der Waals surface area contributed by atoms with E-state index >= 15 is 0 Å². The van der Waals surface area contributed by atoms with E-state index in [9.17, 15) is 8.42 Å². The second-order valence-electron chi connectivity index (χ2n) is 4.52. The Labute approximate surface area is 134 Å². The number of aromatic nitrogens is 1. The lowest BCUT2D eigenvalue weighted by Gasteiger charge is -2.05. The smallest absolute Gasteiger partial charge is 0.186 e. The van der Waals surface area contributed by atoms with Crippen LogP contribution in [0.15, 0.2) is 51.8 Å². The molecule has 3 rings (SSSR count). The fourth-order valence-corrected chi connectivity index (χ4v) is 5.77. The van der Waals surface area contributed by atoms with Gasteiger partial charge in [-0.15, -0.1) is 11.3 Å². The third-order valence-electron chi connectivity index (χ3n) is 2.94. The van der Waals surface area contributed by atoms with Crippen LogP contribution in [0.25, 0.3) is 10.2 Å². The molecule has 0 aliphatic rings. The number of nitrogens with zero attached hydrogens (tertiary/aromatic N) is 1. The molecule has 0 aliphatic heterocycles. The van der Waals surface area contributed by atoms with Gasteiger partial charge in [-0.05, 0) is 46.3 Å². The van der Waals surface area contributed by atoms with Crippen molar-refractivity contribution in [1.29, 1.82) is 0 Å². The van der Waals surface area contributed by atoms with Gasteiger partial charge in [-0.3, -0.25) is 0 Å². The molecule has 0 unspecified atom stereocenters. The Bertz CT molecular complexity index is 887. The minimum absolute atomic E-state index is 0.116. The Morgan fingerprint density at radius 3 is 2.67 bits per heavy atom. The Morgan fingerprint density at radius 2 is 1.95 bits per heavy atom. The molecule has 0 atom stereocenters. The van der Waals surface area contributed by atoms with Gasteiger partial charge in [0.15, 0.2) is 9.84 Å². The van der Waals surface area contributed by atoms with E-state index in [0.29, 0.717) is 15.2 Å². The summed E-state index contributed by atoms with van der Waals surface area (Å²) in [6.07, 6.45) is 0. The molecule has 3 aromatic rings. The lowest BCUT2D eigenvalue weighted by molar-refractivity contribution is 0.595. The van der Waals surface area contributed by atoms with Crippen molar-refractivity contribution in [2.24, 2.45) is 0 Å². The summed E-state index contributed by atoms with van der Waals surface area (Å²) in [7, 11) is -3.46. The highest BCUT2D eigenvalue weighted by Gasteiger charge is 2.20. The summed E-state index contributed by atoms with van der Waals surface area (Å²) in [4.78, 5) is 4.60. The van der Waals surface area contributed by atoms with E-state index in [4.69, 9.17) is 5.73 Å². The standard InChI is InChI=1S/C14H11BrN2O2S2/c15-10-7-9(16)5-6-13(10)21(18,19)8-14-17-11-3-1-2-4-12(11)20-14/h1-7H,8,16H2. The molecular formula is C14H11BrN2O2S2. The van der Waals surface area contributed by atoms with Gasteiger partial charge in [0.1, 0.15) is 10.8 Å². The fraction of sp³-hybridized carbons (Fsp3) is 0.0714. The number of sulfone groups is 1. The number of rotatable bonds is 3. The Balaban J connectivity index is 1.99. The van der Waals surface area contributed by atoms with Gasteiger partial charge in [-0.2, -0.15) is 0 Å². The molecule has 0 radical (unpaired) electrons. The van der Waals surface area contributed by atoms with Gasteiger partial charge in [-0.1, -0.05) is 12.1 Å². The van der Waals surface area contributed by atoms with Gasteiger partial charge in [0, 0.05) is 10.2 Å². The molecule has 0 spiro atoms. The third kappa shape index (κ3) is 2.95. The van der Waals surface area contributed by atoms with Crippen molar-refractivity contribution in [3.8, 4) is 0 Å². The van der Waals surface area contributed by atoms with Crippen LogP contribution in [0.4, 0.5) is 5.69 Å². The highest BCUT2D eigenvalue weighted by atomic mass is 79.9. The van der Waals surface area contributed by atoms with Crippen LogP contribution in [0.2, 0.25) is 0 Å². The first kappa shape index (κ1) is 14.5. The molecule has 0 saturated heterocycles. The average Bonchev–Trinajstić information content (AvgIpc) is 2.79. The number of hydrogen-bond donors (Lipinski definition) is 1. The largest absolute Gasteiger partial charge is 0.399 e. The van der Waals surface area contributed by atoms with E-state index < -0.39 is 9.84 Å². The molecule has 0 bridgehead atoms. The predicted octanol–water partition coefficient (Wildman–Crippen LogP) is 3.61. The molecule has 2 aromatic carbocycles. The Hall–Kier alpha value is -1.44. The normalized spacial score (nSPS) is 11.9. The van der Waals surface area contributed by atoms with E-state index in [1.54, 1.807) is 12.1 Å². The minimum Gasteiger partial charge on any atom is -0.399 e. The van der Waals surface area contributed by atoms with E-state index in [0.717, 1.165) is 10.2 Å². The molecule has 1 aromatic heterocycles. The SMILES string of the molecule is Nc1ccc(S(=O)(=O)Cc2nc3ccccc3s2)c(Br)c1. The maximum absolute atomic E-state index is 12.5. The van der Waals surface area contributed by atoms with Crippen LogP contribution in [-0.2, 0) is 15.6 Å². The van der Waals surface area contributed by atoms with Crippen LogP contribution in [0, 0.1) is 0 Å². The number of hydrogen-bond acceptors (Lipinski definition) is 5. The first-order valence-corrected chi connectivity index (χ1v) is 9.34. The number of fused-ring (bicyclic) bond motifs is 1. The molecular weight excluding hydrogens is 372 g/mol. The van der Waals surface area contributed by atoms with Gasteiger partial charge < -0.3 is 5.73 Å². The molecule has 0 saturated carbocycles. The van der Waals surface area contributed by atoms with Crippen LogP contribution in [0.3, 0.4) is 0 Å². The third-order valence-corrected chi connectivity index (χ3v) is 6.76.